The molecule has 8 heteroatoms. The van der Waals surface area contributed by atoms with E-state index in [-0.39, 0.29) is 12.3 Å². The van der Waals surface area contributed by atoms with Crippen molar-refractivity contribution in [2.24, 2.45) is 5.73 Å². The van der Waals surface area contributed by atoms with Crippen molar-refractivity contribution in [1.29, 1.82) is 0 Å². The van der Waals surface area contributed by atoms with Crippen molar-refractivity contribution in [3.8, 4) is 0 Å². The number of carbonyl (C=O) groups excluding carboxylic acids is 1. The van der Waals surface area contributed by atoms with Crippen LogP contribution >= 0.6 is 0 Å². The Kier molecular flexibility index (Phi) is 6.66. The molecular weight excluding hydrogens is 436 g/mol. The number of nitrogens with two attached hydrogens (primary N) is 1. The van der Waals surface area contributed by atoms with Crippen LogP contribution in [0.3, 0.4) is 0 Å². The van der Waals surface area contributed by atoms with E-state index < -0.39 is 42.9 Å². The Bertz CT molecular complexity index is 1110. The zero-order valence-electron chi connectivity index (χ0n) is 18.4. The molecule has 2 aliphatic heterocycles. The Labute approximate surface area is 197 Å². The number of hydrogen-bond acceptors (Lipinski definition) is 7. The zero-order valence-corrected chi connectivity index (χ0v) is 18.4. The van der Waals surface area contributed by atoms with Gasteiger partial charge in [0.15, 0.2) is 12.6 Å². The van der Waals surface area contributed by atoms with Crippen LogP contribution in [0.2, 0.25) is 0 Å². The number of primary amides is 1. The third-order valence-corrected chi connectivity index (χ3v) is 6.01. The van der Waals surface area contributed by atoms with Gasteiger partial charge in [0.2, 0.25) is 0 Å². The number of nitrogens with zero attached hydrogens (tertiary/aromatic N) is 1. The Morgan fingerprint density at radius 3 is 1.88 bits per heavy atom. The minimum absolute atomic E-state index is 0.184. The quantitative estimate of drug-likeness (QED) is 0.579. The Balaban J connectivity index is 1.47. The second-order valence-electron chi connectivity index (χ2n) is 8.30. The number of aromatic nitrogens is 1. The summed E-state index contributed by atoms with van der Waals surface area (Å²) in [7, 11) is 0. The zero-order chi connectivity index (χ0) is 23.5. The van der Waals surface area contributed by atoms with Crippen LogP contribution in [-0.2, 0) is 25.4 Å². The molecule has 1 aromatic heterocycles. The van der Waals surface area contributed by atoms with Crippen molar-refractivity contribution in [2.75, 3.05) is 6.61 Å². The van der Waals surface area contributed by atoms with Gasteiger partial charge in [-0.2, -0.15) is 0 Å². The van der Waals surface area contributed by atoms with Crippen molar-refractivity contribution in [3.05, 3.63) is 101 Å². The number of fused-ring (bicyclic) bond motifs is 1. The van der Waals surface area contributed by atoms with Crippen molar-refractivity contribution in [3.63, 3.8) is 0 Å². The van der Waals surface area contributed by atoms with E-state index >= 15 is 0 Å². The topological polar surface area (TPSA) is 113 Å². The molecule has 1 amide bonds. The first-order valence-corrected chi connectivity index (χ1v) is 11.2. The van der Waals surface area contributed by atoms with Crippen LogP contribution in [0, 0.1) is 0 Å². The van der Waals surface area contributed by atoms with Gasteiger partial charge in [-0.25, -0.2) is 4.98 Å². The summed E-state index contributed by atoms with van der Waals surface area (Å²) in [5.74, 6) is -0.596. The summed E-state index contributed by atoms with van der Waals surface area (Å²) in [5, 5.41) is 10.2. The number of carbonyl (C=O) groups is 1. The SMILES string of the molecule is NC(=O)c1cccc(CC2OC(c3ccccc3)OC3C(CO)OC(c4ccccc4)OC23)n1. The molecule has 176 valence electrons. The number of rotatable bonds is 6. The maximum Gasteiger partial charge on any atom is 0.267 e. The number of benzene rings is 2. The normalized spacial score (nSPS) is 28.7. The third kappa shape index (κ3) is 4.72. The first-order chi connectivity index (χ1) is 16.6. The Hall–Kier alpha value is -3.14. The van der Waals surface area contributed by atoms with E-state index in [1.807, 2.05) is 66.7 Å². The molecule has 2 aliphatic rings. The average Bonchev–Trinajstić information content (AvgIpc) is 2.89. The van der Waals surface area contributed by atoms with Crippen LogP contribution in [0.4, 0.5) is 0 Å². The van der Waals surface area contributed by atoms with Gasteiger partial charge in [-0.3, -0.25) is 4.79 Å². The highest BCUT2D eigenvalue weighted by atomic mass is 16.8. The predicted molar refractivity (Wildman–Crippen MR) is 121 cm³/mol. The molecule has 5 rings (SSSR count). The fraction of sp³-hybridized carbons (Fsp3) is 0.308. The standard InChI is InChI=1S/C26H26N2O6/c27-24(30)19-13-7-12-18(28-19)14-20-22-23(34-25(31-20)16-8-3-1-4-9-16)21(15-29)32-26(33-22)17-10-5-2-6-11-17/h1-13,20-23,25-26,29H,14-15H2,(H2,27,30). The molecule has 0 spiro atoms. The molecule has 0 saturated carbocycles. The van der Waals surface area contributed by atoms with Gasteiger partial charge in [-0.05, 0) is 12.1 Å². The smallest absolute Gasteiger partial charge is 0.267 e. The van der Waals surface area contributed by atoms with E-state index in [9.17, 15) is 9.90 Å². The predicted octanol–water partition coefficient (Wildman–Crippen LogP) is 2.68. The van der Waals surface area contributed by atoms with Crippen LogP contribution in [0.15, 0.2) is 78.9 Å². The lowest BCUT2D eigenvalue weighted by molar-refractivity contribution is -0.384. The number of ether oxygens (including phenoxy) is 4. The van der Waals surface area contributed by atoms with Crippen LogP contribution in [-0.4, -0.2) is 47.0 Å². The second-order valence-corrected chi connectivity index (χ2v) is 8.30. The summed E-state index contributed by atoms with van der Waals surface area (Å²) >= 11 is 0. The summed E-state index contributed by atoms with van der Waals surface area (Å²) < 4.78 is 25.1. The molecule has 2 saturated heterocycles. The third-order valence-electron chi connectivity index (χ3n) is 6.01. The van der Waals surface area contributed by atoms with Gasteiger partial charge >= 0.3 is 0 Å². The van der Waals surface area contributed by atoms with E-state index in [0.717, 1.165) is 11.1 Å². The highest BCUT2D eigenvalue weighted by Gasteiger charge is 2.50. The van der Waals surface area contributed by atoms with E-state index in [1.165, 1.54) is 0 Å². The van der Waals surface area contributed by atoms with Crippen LogP contribution in [0.5, 0.6) is 0 Å². The number of amides is 1. The number of hydrogen-bond donors (Lipinski definition) is 2. The molecule has 0 bridgehead atoms. The van der Waals surface area contributed by atoms with E-state index in [4.69, 9.17) is 24.7 Å². The highest BCUT2D eigenvalue weighted by molar-refractivity contribution is 5.90. The van der Waals surface area contributed by atoms with Gasteiger partial charge in [0.25, 0.3) is 5.91 Å². The molecule has 0 aliphatic carbocycles. The largest absolute Gasteiger partial charge is 0.394 e. The molecule has 0 radical (unpaired) electrons. The minimum Gasteiger partial charge on any atom is -0.394 e. The Morgan fingerprint density at radius 2 is 1.32 bits per heavy atom. The minimum atomic E-state index is -0.688. The summed E-state index contributed by atoms with van der Waals surface area (Å²) in [5.41, 5.74) is 7.91. The van der Waals surface area contributed by atoms with Crippen molar-refractivity contribution in [2.45, 2.75) is 43.4 Å². The van der Waals surface area contributed by atoms with Crippen molar-refractivity contribution >= 4 is 5.91 Å². The van der Waals surface area contributed by atoms with Gasteiger partial charge in [0.05, 0.1) is 12.7 Å². The van der Waals surface area contributed by atoms with Gasteiger partial charge < -0.3 is 29.8 Å². The molecule has 3 N–H and O–H groups in total. The molecule has 34 heavy (non-hydrogen) atoms. The summed E-state index contributed by atoms with van der Waals surface area (Å²) in [6.07, 6.45) is -3.23. The molecule has 3 aromatic rings. The number of pyridine rings is 1. The fourth-order valence-corrected chi connectivity index (χ4v) is 4.36. The summed E-state index contributed by atoms with van der Waals surface area (Å²) in [6.45, 7) is -0.239. The second kappa shape index (κ2) is 10.0. The molecule has 8 nitrogen and oxygen atoms in total. The molecule has 6 atom stereocenters. The molecule has 3 heterocycles. The van der Waals surface area contributed by atoms with Gasteiger partial charge in [-0.15, -0.1) is 0 Å². The molecule has 6 unspecified atom stereocenters. The van der Waals surface area contributed by atoms with Gasteiger partial charge in [-0.1, -0.05) is 66.7 Å². The van der Waals surface area contributed by atoms with Crippen LogP contribution in [0.1, 0.15) is 39.9 Å². The Morgan fingerprint density at radius 1 is 0.765 bits per heavy atom. The summed E-state index contributed by atoms with van der Waals surface area (Å²) in [6, 6.07) is 24.2. The molecular formula is C26H26N2O6. The maximum absolute atomic E-state index is 11.6. The molecule has 2 aromatic carbocycles. The maximum atomic E-state index is 11.6. The lowest BCUT2D eigenvalue weighted by atomic mass is 9.95. The summed E-state index contributed by atoms with van der Waals surface area (Å²) in [4.78, 5) is 16.0. The van der Waals surface area contributed by atoms with Crippen molar-refractivity contribution in [1.82, 2.24) is 4.98 Å². The first-order valence-electron chi connectivity index (χ1n) is 11.2. The number of aliphatic hydroxyl groups is 1. The number of aliphatic hydroxyl groups excluding tert-OH is 1. The lowest BCUT2D eigenvalue weighted by Gasteiger charge is -2.49. The molecule has 2 fully saturated rings. The van der Waals surface area contributed by atoms with Gasteiger partial charge in [0.1, 0.15) is 24.0 Å². The van der Waals surface area contributed by atoms with Crippen LogP contribution < -0.4 is 5.73 Å². The van der Waals surface area contributed by atoms with Crippen molar-refractivity contribution < 1.29 is 28.8 Å². The van der Waals surface area contributed by atoms with Gasteiger partial charge in [0, 0.05) is 23.2 Å². The lowest BCUT2D eigenvalue weighted by Crippen LogP contribution is -2.59. The van der Waals surface area contributed by atoms with E-state index in [2.05, 4.69) is 4.98 Å². The van der Waals surface area contributed by atoms with E-state index in [1.54, 1.807) is 12.1 Å². The first kappa shape index (κ1) is 22.6. The monoisotopic (exact) mass is 462 g/mol. The fourth-order valence-electron chi connectivity index (χ4n) is 4.36. The highest BCUT2D eigenvalue weighted by Crippen LogP contribution is 2.41. The van der Waals surface area contributed by atoms with E-state index in [0.29, 0.717) is 12.1 Å². The van der Waals surface area contributed by atoms with Crippen LogP contribution in [0.25, 0.3) is 0 Å². The average molecular weight is 463 g/mol.